The maximum Gasteiger partial charge on any atom is 0.191 e. The van der Waals surface area contributed by atoms with Crippen LogP contribution in [0.2, 0.25) is 0 Å². The van der Waals surface area contributed by atoms with Crippen molar-refractivity contribution in [3.63, 3.8) is 0 Å². The third-order valence-corrected chi connectivity index (χ3v) is 5.52. The largest absolute Gasteiger partial charge is 0.497 e. The van der Waals surface area contributed by atoms with Crippen LogP contribution < -0.4 is 20.1 Å². The van der Waals surface area contributed by atoms with Crippen LogP contribution in [0.5, 0.6) is 11.5 Å². The zero-order chi connectivity index (χ0) is 23.1. The summed E-state index contributed by atoms with van der Waals surface area (Å²) in [7, 11) is 11.2. The number of H-pyrrole nitrogens is 1. The number of nitrogens with zero attached hydrogens (tertiary/aromatic N) is 4. The first-order chi connectivity index (χ1) is 15.4. The van der Waals surface area contributed by atoms with Crippen LogP contribution in [-0.2, 0) is 13.5 Å². The minimum absolute atomic E-state index is 0. The number of fused-ring (bicyclic) bond motifs is 1. The van der Waals surface area contributed by atoms with Crippen LogP contribution in [0.3, 0.4) is 0 Å². The third-order valence-electron chi connectivity index (χ3n) is 5.52. The van der Waals surface area contributed by atoms with E-state index in [1.165, 1.54) is 11.3 Å². The van der Waals surface area contributed by atoms with Gasteiger partial charge in [-0.25, -0.2) is 0 Å². The minimum atomic E-state index is 0. The molecule has 0 aliphatic rings. The molecule has 3 aromatic rings. The Morgan fingerprint density at radius 1 is 1.21 bits per heavy atom. The van der Waals surface area contributed by atoms with Crippen LogP contribution >= 0.6 is 24.0 Å². The Bertz CT molecular complexity index is 1040. The van der Waals surface area contributed by atoms with E-state index in [1.54, 1.807) is 21.3 Å². The first kappa shape index (κ1) is 26.8. The fraction of sp³-hybridized carbons (Fsp3) is 0.478. The number of guanidine groups is 1. The number of hydrogen-bond acceptors (Lipinski definition) is 5. The molecule has 182 valence electrons. The smallest absolute Gasteiger partial charge is 0.191 e. The van der Waals surface area contributed by atoms with Crippen molar-refractivity contribution in [1.29, 1.82) is 0 Å². The van der Waals surface area contributed by atoms with Gasteiger partial charge >= 0.3 is 0 Å². The monoisotopic (exact) mass is 569 g/mol. The van der Waals surface area contributed by atoms with Crippen LogP contribution in [0, 0.1) is 0 Å². The summed E-state index contributed by atoms with van der Waals surface area (Å²) in [4.78, 5) is 10.0. The van der Waals surface area contributed by atoms with Crippen molar-refractivity contribution in [2.24, 2.45) is 12.0 Å². The highest BCUT2D eigenvalue weighted by atomic mass is 127. The lowest BCUT2D eigenvalue weighted by Gasteiger charge is -2.24. The molecule has 9 nitrogen and oxygen atoms in total. The maximum atomic E-state index is 5.51. The van der Waals surface area contributed by atoms with Crippen molar-refractivity contribution in [2.75, 3.05) is 48.5 Å². The molecule has 1 aromatic carbocycles. The molecule has 3 rings (SSSR count). The predicted octanol–water partition coefficient (Wildman–Crippen LogP) is 2.94. The van der Waals surface area contributed by atoms with E-state index >= 15 is 0 Å². The summed E-state index contributed by atoms with van der Waals surface area (Å²) >= 11 is 0. The molecule has 2 aromatic heterocycles. The topological polar surface area (TPSA) is 91.7 Å². The second-order valence-corrected chi connectivity index (χ2v) is 8.00. The van der Waals surface area contributed by atoms with E-state index in [0.29, 0.717) is 0 Å². The molecular weight excluding hydrogens is 533 g/mol. The number of ether oxygens (including phenoxy) is 2. The zero-order valence-electron chi connectivity index (χ0n) is 20.3. The second kappa shape index (κ2) is 12.7. The fourth-order valence-electron chi connectivity index (χ4n) is 3.77. The quantitative estimate of drug-likeness (QED) is 0.151. The molecule has 1 unspecified atom stereocenters. The van der Waals surface area contributed by atoms with Crippen molar-refractivity contribution >= 4 is 40.8 Å². The number of likely N-dealkylation sites (N-methyl/N-ethyl adjacent to an activating group) is 1. The number of aromatic amines is 1. The molecule has 3 N–H and O–H groups in total. The fourth-order valence-corrected chi connectivity index (χ4v) is 3.77. The molecule has 33 heavy (non-hydrogen) atoms. The third kappa shape index (κ3) is 7.00. The Labute approximate surface area is 212 Å². The summed E-state index contributed by atoms with van der Waals surface area (Å²) in [5, 5.41) is 12.2. The van der Waals surface area contributed by atoms with Gasteiger partial charge in [-0.3, -0.25) is 9.67 Å². The Morgan fingerprint density at radius 2 is 2.00 bits per heavy atom. The Kier molecular flexibility index (Phi) is 10.3. The van der Waals surface area contributed by atoms with Gasteiger partial charge in [0.2, 0.25) is 0 Å². The minimum Gasteiger partial charge on any atom is -0.497 e. The van der Waals surface area contributed by atoms with E-state index in [9.17, 15) is 0 Å². The molecule has 0 amide bonds. The number of aryl methyl sites for hydroxylation is 2. The van der Waals surface area contributed by atoms with Crippen LogP contribution in [0.15, 0.2) is 35.6 Å². The zero-order valence-corrected chi connectivity index (χ0v) is 22.6. The second-order valence-electron chi connectivity index (χ2n) is 8.00. The Hall–Kier alpha value is -2.47. The average Bonchev–Trinajstić information content (AvgIpc) is 3.39. The van der Waals surface area contributed by atoms with Crippen molar-refractivity contribution < 1.29 is 9.47 Å². The number of nitrogens with one attached hydrogen (secondary N) is 3. The van der Waals surface area contributed by atoms with Gasteiger partial charge in [-0.15, -0.1) is 24.0 Å². The molecule has 0 radical (unpaired) electrons. The highest BCUT2D eigenvalue weighted by Crippen LogP contribution is 2.31. The number of benzene rings is 1. The normalized spacial score (nSPS) is 12.5. The highest BCUT2D eigenvalue weighted by molar-refractivity contribution is 14.0. The van der Waals surface area contributed by atoms with Gasteiger partial charge in [0, 0.05) is 62.2 Å². The number of aromatic nitrogens is 3. The van der Waals surface area contributed by atoms with Gasteiger partial charge < -0.3 is 30.0 Å². The lowest BCUT2D eigenvalue weighted by Crippen LogP contribution is -2.42. The van der Waals surface area contributed by atoms with Crippen LogP contribution in [0.1, 0.15) is 23.7 Å². The van der Waals surface area contributed by atoms with E-state index in [0.717, 1.165) is 54.3 Å². The summed E-state index contributed by atoms with van der Waals surface area (Å²) in [5.74, 6) is 2.39. The van der Waals surface area contributed by atoms with Gasteiger partial charge in [-0.05, 0) is 33.0 Å². The molecule has 0 spiro atoms. The number of methoxy groups -OCH3 is 2. The van der Waals surface area contributed by atoms with Crippen molar-refractivity contribution in [3.05, 3.63) is 41.9 Å². The van der Waals surface area contributed by atoms with Crippen LogP contribution in [0.25, 0.3) is 10.9 Å². The summed E-state index contributed by atoms with van der Waals surface area (Å²) < 4.78 is 12.7. The molecule has 0 aliphatic heterocycles. The average molecular weight is 569 g/mol. The van der Waals surface area contributed by atoms with Gasteiger partial charge in [0.05, 0.1) is 32.0 Å². The molecule has 0 saturated carbocycles. The summed E-state index contributed by atoms with van der Waals surface area (Å²) in [6.45, 7) is 1.55. The molecule has 0 aliphatic carbocycles. The van der Waals surface area contributed by atoms with Crippen LogP contribution in [-0.4, -0.2) is 74.1 Å². The van der Waals surface area contributed by atoms with Gasteiger partial charge in [0.1, 0.15) is 11.5 Å². The SMILES string of the molecule is CN=C(NCCCc1cc2c(OC)cc(OC)cc2[nH]1)NCC(c1cnn(C)c1)N(C)C.I. The first-order valence-corrected chi connectivity index (χ1v) is 10.8. The van der Waals surface area contributed by atoms with E-state index in [2.05, 4.69) is 50.8 Å². The van der Waals surface area contributed by atoms with Gasteiger partial charge in [-0.1, -0.05) is 0 Å². The Balaban J connectivity index is 0.00000385. The molecule has 0 fully saturated rings. The van der Waals surface area contributed by atoms with Gasteiger partial charge in [0.25, 0.3) is 0 Å². The standard InChI is InChI=1S/C23H35N7O2.HI/c1-24-23(26-14-21(29(2)3)16-13-27-30(4)15-16)25-9-7-8-17-10-19-20(28-17)11-18(31-5)12-22(19)32-6;/h10-13,15,21,28H,7-9,14H2,1-6H3,(H2,24,25,26);1H. The lowest BCUT2D eigenvalue weighted by atomic mass is 10.1. The number of hydrogen-bond donors (Lipinski definition) is 3. The Morgan fingerprint density at radius 3 is 2.61 bits per heavy atom. The molecule has 0 bridgehead atoms. The van der Waals surface area contributed by atoms with E-state index < -0.39 is 0 Å². The van der Waals surface area contributed by atoms with E-state index in [4.69, 9.17) is 9.47 Å². The summed E-state index contributed by atoms with van der Waals surface area (Å²) in [6.07, 6.45) is 5.84. The van der Waals surface area contributed by atoms with Crippen LogP contribution in [0.4, 0.5) is 0 Å². The maximum absolute atomic E-state index is 5.51. The number of halogens is 1. The molecular formula is C23H36IN7O2. The molecule has 2 heterocycles. The highest BCUT2D eigenvalue weighted by Gasteiger charge is 2.16. The predicted molar refractivity (Wildman–Crippen MR) is 144 cm³/mol. The van der Waals surface area contributed by atoms with E-state index in [-0.39, 0.29) is 30.0 Å². The van der Waals surface area contributed by atoms with Crippen molar-refractivity contribution in [2.45, 2.75) is 18.9 Å². The first-order valence-electron chi connectivity index (χ1n) is 10.8. The van der Waals surface area contributed by atoms with Gasteiger partial charge in [-0.2, -0.15) is 5.10 Å². The summed E-state index contributed by atoms with van der Waals surface area (Å²) in [6, 6.07) is 6.26. The molecule has 0 saturated heterocycles. The van der Waals surface area contributed by atoms with Crippen molar-refractivity contribution in [1.82, 2.24) is 30.3 Å². The molecule has 1 atom stereocenters. The van der Waals surface area contributed by atoms with Crippen molar-refractivity contribution in [3.8, 4) is 11.5 Å². The summed E-state index contributed by atoms with van der Waals surface area (Å²) in [5.41, 5.74) is 3.36. The number of aliphatic imine (C=N–C) groups is 1. The number of rotatable bonds is 10. The van der Waals surface area contributed by atoms with E-state index in [1.807, 2.05) is 36.3 Å². The lowest BCUT2D eigenvalue weighted by molar-refractivity contribution is 0.298. The van der Waals surface area contributed by atoms with Gasteiger partial charge in [0.15, 0.2) is 5.96 Å². The molecule has 10 heteroatoms.